The molecule has 0 saturated carbocycles. The van der Waals surface area contributed by atoms with Gasteiger partial charge in [-0.25, -0.2) is 0 Å². The number of benzene rings is 2. The van der Waals surface area contributed by atoms with Crippen molar-refractivity contribution in [2.45, 2.75) is 25.9 Å². The Kier molecular flexibility index (Phi) is 6.93. The fourth-order valence-corrected chi connectivity index (χ4v) is 4.23. The van der Waals surface area contributed by atoms with Gasteiger partial charge in [0.05, 0.1) is 0 Å². The molecule has 29 heavy (non-hydrogen) atoms. The first-order valence-electron chi connectivity index (χ1n) is 10.9. The van der Waals surface area contributed by atoms with Crippen LogP contribution in [0.15, 0.2) is 54.6 Å². The highest BCUT2D eigenvalue weighted by Gasteiger charge is 2.21. The third-order valence-electron chi connectivity index (χ3n) is 6.05. The van der Waals surface area contributed by atoms with E-state index in [1.165, 1.54) is 11.1 Å². The number of nitrogens with zero attached hydrogens (tertiary/aromatic N) is 2. The highest BCUT2D eigenvalue weighted by molar-refractivity contribution is 5.92. The summed E-state index contributed by atoms with van der Waals surface area (Å²) in [7, 11) is 0. The molecule has 5 nitrogen and oxygen atoms in total. The van der Waals surface area contributed by atoms with E-state index in [2.05, 4.69) is 62.9 Å². The second-order valence-electron chi connectivity index (χ2n) is 8.25. The summed E-state index contributed by atoms with van der Waals surface area (Å²) in [5.74, 6) is 0.303. The molecule has 2 aliphatic rings. The fourth-order valence-electron chi connectivity index (χ4n) is 4.23. The minimum atomic E-state index is 0.142. The summed E-state index contributed by atoms with van der Waals surface area (Å²) in [5, 5.41) is 6.39. The van der Waals surface area contributed by atoms with Crippen LogP contribution in [0.5, 0.6) is 0 Å². The van der Waals surface area contributed by atoms with Gasteiger partial charge in [-0.05, 0) is 49.2 Å². The molecule has 154 valence electrons. The lowest BCUT2D eigenvalue weighted by Crippen LogP contribution is -2.45. The predicted molar refractivity (Wildman–Crippen MR) is 118 cm³/mol. The zero-order chi connectivity index (χ0) is 19.9. The van der Waals surface area contributed by atoms with Crippen molar-refractivity contribution in [2.24, 2.45) is 5.92 Å². The molecule has 5 heteroatoms. The number of amides is 1. The maximum atomic E-state index is 12.4. The van der Waals surface area contributed by atoms with E-state index in [0.717, 1.165) is 70.9 Å². The van der Waals surface area contributed by atoms with Gasteiger partial charge in [-0.1, -0.05) is 42.5 Å². The molecule has 2 aromatic carbocycles. The maximum absolute atomic E-state index is 12.4. The Bertz CT molecular complexity index is 763. The van der Waals surface area contributed by atoms with Gasteiger partial charge in [-0.2, -0.15) is 0 Å². The molecule has 2 N–H and O–H groups in total. The normalized spacial score (nSPS) is 19.2. The standard InChI is InChI=1S/C24H32N4O/c29-24(22-10-12-25-13-11-22)26-23-8-6-21(7-9-23)19-28-16-14-27(15-17-28)18-20-4-2-1-3-5-20/h1-9,22,25H,10-19H2,(H,26,29). The molecule has 2 aliphatic heterocycles. The number of rotatable bonds is 6. The van der Waals surface area contributed by atoms with Crippen LogP contribution in [0, 0.1) is 5.92 Å². The van der Waals surface area contributed by atoms with Crippen molar-refractivity contribution in [1.29, 1.82) is 0 Å². The lowest BCUT2D eigenvalue weighted by Gasteiger charge is -2.34. The zero-order valence-corrected chi connectivity index (χ0v) is 17.1. The molecule has 4 rings (SSSR count). The molecule has 1 amide bonds. The highest BCUT2D eigenvalue weighted by atomic mass is 16.1. The topological polar surface area (TPSA) is 47.6 Å². The molecule has 2 saturated heterocycles. The van der Waals surface area contributed by atoms with Crippen molar-refractivity contribution < 1.29 is 4.79 Å². The Hall–Kier alpha value is -2.21. The molecule has 2 fully saturated rings. The average Bonchev–Trinajstić information content (AvgIpc) is 2.78. The van der Waals surface area contributed by atoms with Crippen molar-refractivity contribution in [1.82, 2.24) is 15.1 Å². The minimum Gasteiger partial charge on any atom is -0.326 e. The van der Waals surface area contributed by atoms with Crippen LogP contribution in [0.3, 0.4) is 0 Å². The number of piperazine rings is 1. The first-order valence-corrected chi connectivity index (χ1v) is 10.9. The second-order valence-corrected chi connectivity index (χ2v) is 8.25. The van der Waals surface area contributed by atoms with Crippen LogP contribution in [0.1, 0.15) is 24.0 Å². The number of carbonyl (C=O) groups is 1. The molecular formula is C24H32N4O. The van der Waals surface area contributed by atoms with E-state index in [9.17, 15) is 4.79 Å². The van der Waals surface area contributed by atoms with E-state index in [1.807, 2.05) is 12.1 Å². The molecule has 0 bridgehead atoms. The monoisotopic (exact) mass is 392 g/mol. The lowest BCUT2D eigenvalue weighted by atomic mass is 9.97. The smallest absolute Gasteiger partial charge is 0.227 e. The summed E-state index contributed by atoms with van der Waals surface area (Å²) in [4.78, 5) is 17.4. The SMILES string of the molecule is O=C(Nc1ccc(CN2CCN(Cc3ccccc3)CC2)cc1)C1CCNCC1. The largest absolute Gasteiger partial charge is 0.326 e. The first kappa shape index (κ1) is 20.1. The summed E-state index contributed by atoms with van der Waals surface area (Å²) >= 11 is 0. The van der Waals surface area contributed by atoms with Crippen LogP contribution in [0.25, 0.3) is 0 Å². The molecular weight excluding hydrogens is 360 g/mol. The van der Waals surface area contributed by atoms with Crippen LogP contribution in [-0.2, 0) is 17.9 Å². The molecule has 0 radical (unpaired) electrons. The summed E-state index contributed by atoms with van der Waals surface area (Å²) in [5.41, 5.74) is 3.61. The second kappa shape index (κ2) is 10.0. The van der Waals surface area contributed by atoms with Crippen molar-refractivity contribution in [3.8, 4) is 0 Å². The number of nitrogens with one attached hydrogen (secondary N) is 2. The van der Waals surface area contributed by atoms with Crippen molar-refractivity contribution in [2.75, 3.05) is 44.6 Å². The molecule has 0 aromatic heterocycles. The van der Waals surface area contributed by atoms with Gasteiger partial charge in [0.1, 0.15) is 0 Å². The van der Waals surface area contributed by atoms with Crippen LogP contribution in [-0.4, -0.2) is 55.0 Å². The van der Waals surface area contributed by atoms with E-state index in [-0.39, 0.29) is 11.8 Å². The van der Waals surface area contributed by atoms with Gasteiger partial charge >= 0.3 is 0 Å². The van der Waals surface area contributed by atoms with E-state index in [4.69, 9.17) is 0 Å². The third-order valence-corrected chi connectivity index (χ3v) is 6.05. The van der Waals surface area contributed by atoms with Gasteiger partial charge in [-0.3, -0.25) is 14.6 Å². The Morgan fingerprint density at radius 3 is 1.97 bits per heavy atom. The van der Waals surface area contributed by atoms with Gasteiger partial charge in [0.2, 0.25) is 5.91 Å². The van der Waals surface area contributed by atoms with Gasteiger partial charge in [0, 0.05) is 50.9 Å². The Morgan fingerprint density at radius 2 is 1.38 bits per heavy atom. The van der Waals surface area contributed by atoms with E-state index < -0.39 is 0 Å². The molecule has 2 heterocycles. The number of anilines is 1. The van der Waals surface area contributed by atoms with Crippen molar-refractivity contribution in [3.05, 3.63) is 65.7 Å². The van der Waals surface area contributed by atoms with E-state index in [1.54, 1.807) is 0 Å². The zero-order valence-electron chi connectivity index (χ0n) is 17.1. The molecule has 2 aromatic rings. The van der Waals surface area contributed by atoms with Gasteiger partial charge in [0.25, 0.3) is 0 Å². The number of hydrogen-bond acceptors (Lipinski definition) is 4. The molecule has 0 spiro atoms. The summed E-state index contributed by atoms with van der Waals surface area (Å²) in [6.07, 6.45) is 1.86. The van der Waals surface area contributed by atoms with Crippen LogP contribution < -0.4 is 10.6 Å². The van der Waals surface area contributed by atoms with Gasteiger partial charge in [-0.15, -0.1) is 0 Å². The summed E-state index contributed by atoms with van der Waals surface area (Å²) in [6.45, 7) is 8.31. The number of piperidine rings is 1. The Balaban J connectivity index is 1.21. The highest BCUT2D eigenvalue weighted by Crippen LogP contribution is 2.17. The lowest BCUT2D eigenvalue weighted by molar-refractivity contribution is -0.120. The van der Waals surface area contributed by atoms with Gasteiger partial charge in [0.15, 0.2) is 0 Å². The Labute approximate surface area is 174 Å². The van der Waals surface area contributed by atoms with Crippen molar-refractivity contribution in [3.63, 3.8) is 0 Å². The maximum Gasteiger partial charge on any atom is 0.227 e. The fraction of sp³-hybridized carbons (Fsp3) is 0.458. The van der Waals surface area contributed by atoms with E-state index in [0.29, 0.717) is 0 Å². The number of carbonyl (C=O) groups excluding carboxylic acids is 1. The Morgan fingerprint density at radius 1 is 0.828 bits per heavy atom. The molecule has 0 atom stereocenters. The number of hydrogen-bond donors (Lipinski definition) is 2. The summed E-state index contributed by atoms with van der Waals surface area (Å²) < 4.78 is 0. The average molecular weight is 393 g/mol. The van der Waals surface area contributed by atoms with Gasteiger partial charge < -0.3 is 10.6 Å². The van der Waals surface area contributed by atoms with Crippen LogP contribution in [0.4, 0.5) is 5.69 Å². The summed E-state index contributed by atoms with van der Waals surface area (Å²) in [6, 6.07) is 19.1. The van der Waals surface area contributed by atoms with Crippen molar-refractivity contribution >= 4 is 11.6 Å². The first-order chi connectivity index (χ1) is 14.3. The van der Waals surface area contributed by atoms with E-state index >= 15 is 0 Å². The quantitative estimate of drug-likeness (QED) is 0.794. The van der Waals surface area contributed by atoms with Crippen LogP contribution in [0.2, 0.25) is 0 Å². The minimum absolute atomic E-state index is 0.142. The predicted octanol–water partition coefficient (Wildman–Crippen LogP) is 2.94. The third kappa shape index (κ3) is 5.89. The molecule has 0 aliphatic carbocycles. The molecule has 0 unspecified atom stereocenters. The van der Waals surface area contributed by atoms with Crippen LogP contribution >= 0.6 is 0 Å².